The number of carbonyl (C=O) groups excluding carboxylic acids is 1. The molecule has 11 heteroatoms. The molecule has 0 fully saturated rings. The number of aromatic nitrogens is 4. The predicted molar refractivity (Wildman–Crippen MR) is 120 cm³/mol. The number of benzene rings is 1. The molecule has 0 radical (unpaired) electrons. The normalized spacial score (nSPS) is 11.5. The van der Waals surface area contributed by atoms with Gasteiger partial charge >= 0.3 is 0 Å². The number of anilines is 1. The molecular weight excluding hydrogens is 454 g/mol. The number of hydrogen-bond donors (Lipinski definition) is 3. The Hall–Kier alpha value is -3.79. The quantitative estimate of drug-likeness (QED) is 0.365. The summed E-state index contributed by atoms with van der Waals surface area (Å²) < 4.78 is 29.8. The molecule has 3 N–H and O–H groups in total. The first kappa shape index (κ1) is 22.4. The van der Waals surface area contributed by atoms with E-state index in [1.807, 2.05) is 12.1 Å². The Balaban J connectivity index is 1.41. The van der Waals surface area contributed by atoms with Crippen LogP contribution in [0.5, 0.6) is 0 Å². The lowest BCUT2D eigenvalue weighted by Gasteiger charge is -2.18. The Morgan fingerprint density at radius 3 is 2.73 bits per heavy atom. The molecule has 0 aliphatic heterocycles. The van der Waals surface area contributed by atoms with Crippen LogP contribution >= 0.6 is 11.6 Å². The zero-order chi connectivity index (χ0) is 23.4. The maximum Gasteiger partial charge on any atom is 0.294 e. The number of H-pyrrole nitrogens is 1. The van der Waals surface area contributed by atoms with Gasteiger partial charge in [-0.15, -0.1) is 0 Å². The van der Waals surface area contributed by atoms with Gasteiger partial charge in [-0.1, -0.05) is 41.9 Å². The van der Waals surface area contributed by atoms with E-state index in [0.29, 0.717) is 5.69 Å². The fourth-order valence-corrected chi connectivity index (χ4v) is 3.38. The minimum Gasteiger partial charge on any atom is -0.360 e. The number of hydrogen-bond acceptors (Lipinski definition) is 5. The molecule has 0 bridgehead atoms. The van der Waals surface area contributed by atoms with E-state index < -0.39 is 30.5 Å². The highest BCUT2D eigenvalue weighted by Crippen LogP contribution is 2.27. The molecule has 170 valence electrons. The lowest BCUT2D eigenvalue weighted by atomic mass is 10.1. The van der Waals surface area contributed by atoms with Crippen molar-refractivity contribution in [2.75, 3.05) is 11.9 Å². The Labute approximate surface area is 191 Å². The lowest BCUT2D eigenvalue weighted by molar-refractivity contribution is -0.121. The van der Waals surface area contributed by atoms with Crippen molar-refractivity contribution >= 4 is 34.2 Å². The monoisotopic (exact) mass is 472 g/mol. The molecule has 0 atom stereocenters. The summed E-state index contributed by atoms with van der Waals surface area (Å²) in [6.45, 7) is -1.11. The third kappa shape index (κ3) is 5.17. The highest BCUT2D eigenvalue weighted by Gasteiger charge is 2.31. The van der Waals surface area contributed by atoms with Crippen LogP contribution in [0.15, 0.2) is 65.8 Å². The van der Waals surface area contributed by atoms with Gasteiger partial charge in [-0.05, 0) is 12.1 Å². The molecule has 0 saturated heterocycles. The van der Waals surface area contributed by atoms with Crippen molar-refractivity contribution in [3.8, 4) is 0 Å². The molecule has 4 rings (SSSR count). The highest BCUT2D eigenvalue weighted by atomic mass is 35.5. The van der Waals surface area contributed by atoms with E-state index in [1.165, 1.54) is 24.3 Å². The molecule has 1 aromatic carbocycles. The fraction of sp³-hybridized carbons (Fsp3) is 0.182. The summed E-state index contributed by atoms with van der Waals surface area (Å²) in [5.74, 6) is -4.06. The van der Waals surface area contributed by atoms with Gasteiger partial charge in [0, 0.05) is 17.1 Å². The summed E-state index contributed by atoms with van der Waals surface area (Å²) >= 11 is 6.03. The molecule has 3 heterocycles. The Morgan fingerprint density at radius 1 is 1.15 bits per heavy atom. The average molecular weight is 473 g/mol. The van der Waals surface area contributed by atoms with E-state index in [9.17, 15) is 18.4 Å². The van der Waals surface area contributed by atoms with E-state index in [2.05, 4.69) is 25.6 Å². The van der Waals surface area contributed by atoms with Gasteiger partial charge in [0.1, 0.15) is 11.7 Å². The van der Waals surface area contributed by atoms with Gasteiger partial charge in [-0.3, -0.25) is 19.1 Å². The molecule has 33 heavy (non-hydrogen) atoms. The number of halogens is 3. The molecule has 3 aromatic heterocycles. The number of rotatable bonds is 8. The molecule has 0 unspecified atom stereocenters. The summed E-state index contributed by atoms with van der Waals surface area (Å²) in [5, 5.41) is 5.89. The molecule has 1 amide bonds. The smallest absolute Gasteiger partial charge is 0.294 e. The van der Waals surface area contributed by atoms with E-state index in [1.54, 1.807) is 18.5 Å². The van der Waals surface area contributed by atoms with Crippen LogP contribution < -0.4 is 16.2 Å². The van der Waals surface area contributed by atoms with Crippen molar-refractivity contribution in [2.24, 2.45) is 0 Å². The summed E-state index contributed by atoms with van der Waals surface area (Å²) in [6, 6.07) is 10.9. The van der Waals surface area contributed by atoms with Gasteiger partial charge < -0.3 is 15.6 Å². The van der Waals surface area contributed by atoms with Crippen LogP contribution in [0.2, 0.25) is 5.15 Å². The Kier molecular flexibility index (Phi) is 6.36. The molecule has 0 saturated carbocycles. The number of fused-ring (bicyclic) bond motifs is 1. The second-order valence-corrected chi connectivity index (χ2v) is 7.65. The molecular formula is C22H19ClF2N6O2. The topological polar surface area (TPSA) is 105 Å². The minimum absolute atomic E-state index is 0.0950. The Morgan fingerprint density at radius 2 is 1.94 bits per heavy atom. The van der Waals surface area contributed by atoms with Crippen molar-refractivity contribution in [1.29, 1.82) is 0 Å². The van der Waals surface area contributed by atoms with Crippen LogP contribution in [0.25, 0.3) is 10.9 Å². The number of carbonyl (C=O) groups is 1. The minimum atomic E-state index is -3.23. The molecule has 8 nitrogen and oxygen atoms in total. The van der Waals surface area contributed by atoms with Gasteiger partial charge in [0.05, 0.1) is 36.7 Å². The predicted octanol–water partition coefficient (Wildman–Crippen LogP) is 3.29. The van der Waals surface area contributed by atoms with Crippen molar-refractivity contribution < 1.29 is 13.6 Å². The summed E-state index contributed by atoms with van der Waals surface area (Å²) in [5.41, 5.74) is 0.526. The molecule has 4 aromatic rings. The van der Waals surface area contributed by atoms with Crippen LogP contribution in [0, 0.1) is 0 Å². The van der Waals surface area contributed by atoms with Crippen LogP contribution in [0.3, 0.4) is 0 Å². The van der Waals surface area contributed by atoms with Gasteiger partial charge in [0.15, 0.2) is 5.82 Å². The lowest BCUT2D eigenvalue weighted by Crippen LogP contribution is -2.35. The zero-order valence-corrected chi connectivity index (χ0v) is 17.9. The summed E-state index contributed by atoms with van der Waals surface area (Å²) in [7, 11) is 0. The first-order valence-electron chi connectivity index (χ1n) is 9.95. The third-order valence-electron chi connectivity index (χ3n) is 4.94. The standard InChI is InChI=1S/C22H19ClF2N6O2/c23-18-11-29-20(30-13-22(24,25)15-4-2-1-3-5-15)21(33)31(18)12-19(32)28-9-16-8-14-6-7-26-17(14)10-27-16/h1-8,10-11,26H,9,12-13H2,(H,28,32)(H,29,30). The van der Waals surface area contributed by atoms with Gasteiger partial charge in [-0.2, -0.15) is 8.78 Å². The maximum atomic E-state index is 14.4. The van der Waals surface area contributed by atoms with E-state index in [-0.39, 0.29) is 23.1 Å². The highest BCUT2D eigenvalue weighted by molar-refractivity contribution is 6.29. The van der Waals surface area contributed by atoms with Crippen molar-refractivity contribution in [2.45, 2.75) is 19.0 Å². The Bertz CT molecular complexity index is 1340. The van der Waals surface area contributed by atoms with Crippen LogP contribution in [-0.2, 0) is 23.8 Å². The number of alkyl halides is 2. The fourth-order valence-electron chi connectivity index (χ4n) is 3.20. The zero-order valence-electron chi connectivity index (χ0n) is 17.2. The van der Waals surface area contributed by atoms with Crippen molar-refractivity contribution in [1.82, 2.24) is 24.8 Å². The second kappa shape index (κ2) is 9.37. The number of aromatic amines is 1. The van der Waals surface area contributed by atoms with Crippen LogP contribution in [0.1, 0.15) is 11.3 Å². The first-order valence-corrected chi connectivity index (χ1v) is 10.3. The number of nitrogens with zero attached hydrogens (tertiary/aromatic N) is 3. The van der Waals surface area contributed by atoms with Crippen molar-refractivity contribution in [3.05, 3.63) is 87.8 Å². The first-order chi connectivity index (χ1) is 15.8. The average Bonchev–Trinajstić information content (AvgIpc) is 3.28. The van der Waals surface area contributed by atoms with Gasteiger partial charge in [0.2, 0.25) is 5.91 Å². The molecule has 0 aliphatic carbocycles. The second-order valence-electron chi connectivity index (χ2n) is 7.26. The number of amides is 1. The van der Waals surface area contributed by atoms with Gasteiger partial charge in [0.25, 0.3) is 11.5 Å². The maximum absolute atomic E-state index is 14.4. The third-order valence-corrected chi connectivity index (χ3v) is 5.24. The van der Waals surface area contributed by atoms with Crippen LogP contribution in [-0.4, -0.2) is 32.0 Å². The van der Waals surface area contributed by atoms with E-state index in [0.717, 1.165) is 21.7 Å². The van der Waals surface area contributed by atoms with Crippen LogP contribution in [0.4, 0.5) is 14.6 Å². The van der Waals surface area contributed by atoms with Gasteiger partial charge in [-0.25, -0.2) is 4.98 Å². The van der Waals surface area contributed by atoms with E-state index in [4.69, 9.17) is 11.6 Å². The number of nitrogens with one attached hydrogen (secondary N) is 3. The number of pyridine rings is 1. The SMILES string of the molecule is O=C(Cn1c(Cl)cnc(NCC(F)(F)c2ccccc2)c1=O)NCc1cc2cc[nH]c2cn1. The van der Waals surface area contributed by atoms with Crippen molar-refractivity contribution in [3.63, 3.8) is 0 Å². The summed E-state index contributed by atoms with van der Waals surface area (Å²) in [6.07, 6.45) is 4.57. The molecule has 0 spiro atoms. The summed E-state index contributed by atoms with van der Waals surface area (Å²) in [4.78, 5) is 36.2. The largest absolute Gasteiger partial charge is 0.360 e. The molecule has 0 aliphatic rings. The van der Waals surface area contributed by atoms with E-state index >= 15 is 0 Å².